The van der Waals surface area contributed by atoms with E-state index in [4.69, 9.17) is 5.73 Å². The van der Waals surface area contributed by atoms with Gasteiger partial charge in [0.1, 0.15) is 4.90 Å². The van der Waals surface area contributed by atoms with E-state index >= 15 is 0 Å². The molecular formula is C13H21N3O2S. The molecule has 1 aliphatic heterocycles. The summed E-state index contributed by atoms with van der Waals surface area (Å²) in [5, 5.41) is 0. The molecule has 6 heteroatoms. The van der Waals surface area contributed by atoms with Gasteiger partial charge in [0.2, 0.25) is 10.0 Å². The third-order valence-electron chi connectivity index (χ3n) is 3.81. The van der Waals surface area contributed by atoms with Gasteiger partial charge in [0.25, 0.3) is 0 Å². The molecule has 0 amide bonds. The van der Waals surface area contributed by atoms with Gasteiger partial charge >= 0.3 is 0 Å². The van der Waals surface area contributed by atoms with Gasteiger partial charge in [-0.3, -0.25) is 4.98 Å². The highest BCUT2D eigenvalue weighted by Crippen LogP contribution is 2.26. The average Bonchev–Trinajstić information content (AvgIpc) is 2.47. The first-order chi connectivity index (χ1) is 9.09. The van der Waals surface area contributed by atoms with E-state index in [9.17, 15) is 8.42 Å². The minimum absolute atomic E-state index is 0.140. The van der Waals surface area contributed by atoms with Gasteiger partial charge in [-0.15, -0.1) is 0 Å². The Morgan fingerprint density at radius 1 is 1.42 bits per heavy atom. The van der Waals surface area contributed by atoms with E-state index in [2.05, 4.69) is 11.9 Å². The van der Waals surface area contributed by atoms with Gasteiger partial charge in [-0.1, -0.05) is 13.3 Å². The highest BCUT2D eigenvalue weighted by atomic mass is 32.2. The minimum Gasteiger partial charge on any atom is -0.325 e. The smallest absolute Gasteiger partial charge is 0.244 e. The van der Waals surface area contributed by atoms with Crippen LogP contribution in [0.5, 0.6) is 0 Å². The number of aromatic nitrogens is 1. The fraction of sp³-hybridized carbons (Fsp3) is 0.615. The predicted octanol–water partition coefficient (Wildman–Crippen LogP) is 1.35. The van der Waals surface area contributed by atoms with Gasteiger partial charge in [0.05, 0.1) is 5.69 Å². The largest absolute Gasteiger partial charge is 0.325 e. The molecule has 0 spiro atoms. The van der Waals surface area contributed by atoms with Crippen molar-refractivity contribution in [1.82, 2.24) is 9.29 Å². The molecule has 0 bridgehead atoms. The number of hydrogen-bond donors (Lipinski definition) is 1. The molecule has 106 valence electrons. The van der Waals surface area contributed by atoms with E-state index in [1.165, 1.54) is 0 Å². The predicted molar refractivity (Wildman–Crippen MR) is 73.9 cm³/mol. The van der Waals surface area contributed by atoms with E-state index < -0.39 is 10.0 Å². The van der Waals surface area contributed by atoms with E-state index in [-0.39, 0.29) is 11.4 Å². The van der Waals surface area contributed by atoms with E-state index in [1.54, 1.807) is 22.6 Å². The molecule has 1 aromatic rings. The Morgan fingerprint density at radius 2 is 2.11 bits per heavy atom. The maximum Gasteiger partial charge on any atom is 0.244 e. The second kappa shape index (κ2) is 5.98. The lowest BCUT2D eigenvalue weighted by atomic mass is 9.96. The zero-order valence-electron chi connectivity index (χ0n) is 11.2. The van der Waals surface area contributed by atoms with Gasteiger partial charge in [-0.25, -0.2) is 8.42 Å². The van der Waals surface area contributed by atoms with Crippen LogP contribution in [0.2, 0.25) is 0 Å². The van der Waals surface area contributed by atoms with Crippen molar-refractivity contribution in [3.8, 4) is 0 Å². The van der Waals surface area contributed by atoms with Crippen LogP contribution in [0, 0.1) is 5.92 Å². The molecule has 2 rings (SSSR count). The lowest BCUT2D eigenvalue weighted by molar-refractivity contribution is 0.269. The molecule has 0 aromatic carbocycles. The number of nitrogens with zero attached hydrogens (tertiary/aromatic N) is 2. The first kappa shape index (κ1) is 14.4. The highest BCUT2D eigenvalue weighted by molar-refractivity contribution is 7.89. The maximum absolute atomic E-state index is 12.6. The number of rotatable bonds is 4. The van der Waals surface area contributed by atoms with Crippen LogP contribution in [0.3, 0.4) is 0 Å². The van der Waals surface area contributed by atoms with Crippen molar-refractivity contribution < 1.29 is 8.42 Å². The summed E-state index contributed by atoms with van der Waals surface area (Å²) >= 11 is 0. The SMILES string of the molecule is CCC1CCN(S(=O)(=O)c2cccnc2CN)CC1. The first-order valence-electron chi connectivity index (χ1n) is 6.73. The molecule has 0 atom stereocenters. The Hall–Kier alpha value is -0.980. The Labute approximate surface area is 114 Å². The summed E-state index contributed by atoms with van der Waals surface area (Å²) in [6.07, 6.45) is 4.57. The molecule has 5 nitrogen and oxygen atoms in total. The summed E-state index contributed by atoms with van der Waals surface area (Å²) in [5.41, 5.74) is 6.02. The molecule has 1 aliphatic rings. The van der Waals surface area contributed by atoms with Crippen LogP contribution in [0.1, 0.15) is 31.9 Å². The summed E-state index contributed by atoms with van der Waals surface area (Å²) in [6, 6.07) is 3.24. The Kier molecular flexibility index (Phi) is 4.54. The van der Waals surface area contributed by atoms with Crippen molar-refractivity contribution in [3.05, 3.63) is 24.0 Å². The molecule has 0 unspecified atom stereocenters. The van der Waals surface area contributed by atoms with Crippen LogP contribution in [0.25, 0.3) is 0 Å². The zero-order valence-corrected chi connectivity index (χ0v) is 12.1. The molecule has 0 aliphatic carbocycles. The van der Waals surface area contributed by atoms with Gasteiger partial charge in [-0.2, -0.15) is 4.31 Å². The van der Waals surface area contributed by atoms with Crippen molar-refractivity contribution in [3.63, 3.8) is 0 Å². The molecule has 0 saturated carbocycles. The van der Waals surface area contributed by atoms with Crippen molar-refractivity contribution in [1.29, 1.82) is 0 Å². The van der Waals surface area contributed by atoms with Crippen LogP contribution >= 0.6 is 0 Å². The van der Waals surface area contributed by atoms with Crippen LogP contribution < -0.4 is 5.73 Å². The summed E-state index contributed by atoms with van der Waals surface area (Å²) in [7, 11) is -3.45. The third kappa shape index (κ3) is 2.96. The molecule has 1 fully saturated rings. The normalized spacial score (nSPS) is 18.6. The number of pyridine rings is 1. The monoisotopic (exact) mass is 283 g/mol. The number of nitrogens with two attached hydrogens (primary N) is 1. The van der Waals surface area contributed by atoms with Crippen LogP contribution in [-0.2, 0) is 16.6 Å². The molecule has 1 aromatic heterocycles. The molecule has 2 N–H and O–H groups in total. The highest BCUT2D eigenvalue weighted by Gasteiger charge is 2.30. The lowest BCUT2D eigenvalue weighted by Gasteiger charge is -2.31. The van der Waals surface area contributed by atoms with Crippen molar-refractivity contribution in [2.75, 3.05) is 13.1 Å². The lowest BCUT2D eigenvalue weighted by Crippen LogP contribution is -2.38. The standard InChI is InChI=1S/C13H21N3O2S/c1-2-11-5-8-16(9-6-11)19(17,18)13-4-3-7-15-12(13)10-14/h3-4,7,11H,2,5-6,8-10,14H2,1H3. The number of hydrogen-bond acceptors (Lipinski definition) is 4. The topological polar surface area (TPSA) is 76.3 Å². The molecular weight excluding hydrogens is 262 g/mol. The summed E-state index contributed by atoms with van der Waals surface area (Å²) < 4.78 is 26.7. The quantitative estimate of drug-likeness (QED) is 0.905. The van der Waals surface area contributed by atoms with Gasteiger partial charge < -0.3 is 5.73 Å². The minimum atomic E-state index is -3.45. The van der Waals surface area contributed by atoms with E-state index in [0.29, 0.717) is 24.7 Å². The van der Waals surface area contributed by atoms with Crippen LogP contribution in [0.4, 0.5) is 0 Å². The molecule has 19 heavy (non-hydrogen) atoms. The zero-order chi connectivity index (χ0) is 13.9. The van der Waals surface area contributed by atoms with Crippen LogP contribution in [-0.4, -0.2) is 30.8 Å². The molecule has 1 saturated heterocycles. The average molecular weight is 283 g/mol. The second-order valence-electron chi connectivity index (χ2n) is 4.91. The Balaban J connectivity index is 2.23. The second-order valence-corrected chi connectivity index (χ2v) is 6.81. The van der Waals surface area contributed by atoms with E-state index in [1.807, 2.05) is 0 Å². The van der Waals surface area contributed by atoms with Gasteiger partial charge in [0.15, 0.2) is 0 Å². The Bertz CT molecular complexity index is 522. The molecule has 0 radical (unpaired) electrons. The van der Waals surface area contributed by atoms with Gasteiger partial charge in [-0.05, 0) is 30.9 Å². The summed E-state index contributed by atoms with van der Waals surface area (Å²) in [5.74, 6) is 0.648. The van der Waals surface area contributed by atoms with Crippen molar-refractivity contribution >= 4 is 10.0 Å². The number of sulfonamides is 1. The fourth-order valence-electron chi connectivity index (χ4n) is 2.51. The third-order valence-corrected chi connectivity index (χ3v) is 5.78. The number of piperidine rings is 1. The Morgan fingerprint density at radius 3 is 2.68 bits per heavy atom. The van der Waals surface area contributed by atoms with Crippen molar-refractivity contribution in [2.45, 2.75) is 37.6 Å². The molecule has 2 heterocycles. The first-order valence-corrected chi connectivity index (χ1v) is 8.17. The summed E-state index contributed by atoms with van der Waals surface area (Å²) in [6.45, 7) is 3.49. The van der Waals surface area contributed by atoms with Gasteiger partial charge in [0, 0.05) is 25.8 Å². The summed E-state index contributed by atoms with van der Waals surface area (Å²) in [4.78, 5) is 4.32. The van der Waals surface area contributed by atoms with Crippen LogP contribution in [0.15, 0.2) is 23.2 Å². The maximum atomic E-state index is 12.6. The fourth-order valence-corrected chi connectivity index (χ4v) is 4.16. The van der Waals surface area contributed by atoms with Crippen molar-refractivity contribution in [2.24, 2.45) is 11.7 Å². The van der Waals surface area contributed by atoms with E-state index in [0.717, 1.165) is 19.3 Å².